The highest BCUT2D eigenvalue weighted by Gasteiger charge is 2.41. The van der Waals surface area contributed by atoms with Crippen LogP contribution in [0, 0.1) is 44.7 Å². The highest BCUT2D eigenvalue weighted by atomic mass is 35.5. The zero-order chi connectivity index (χ0) is 56.3. The number of rotatable bonds is 21. The molecule has 17 heteroatoms. The number of hydrogen-bond donors (Lipinski definition) is 0. The number of likely N-dealkylation sites (tertiary alicyclic amines) is 1. The van der Waals surface area contributed by atoms with Crippen LogP contribution in [0.1, 0.15) is 70.2 Å². The van der Waals surface area contributed by atoms with Crippen LogP contribution in [0.15, 0.2) is 110 Å². The molecule has 6 aromatic carbocycles. The van der Waals surface area contributed by atoms with Gasteiger partial charge in [0.05, 0.1) is 48.2 Å². The maximum Gasteiger partial charge on any atom is 0.230 e. The third kappa shape index (κ3) is 14.9. The Morgan fingerprint density at radius 3 is 1.49 bits per heavy atom. The van der Waals surface area contributed by atoms with Gasteiger partial charge in [0.15, 0.2) is 0 Å². The molecule has 12 nitrogen and oxygen atoms in total. The van der Waals surface area contributed by atoms with Gasteiger partial charge in [-0.1, -0.05) is 70.7 Å². The van der Waals surface area contributed by atoms with Crippen molar-refractivity contribution in [1.29, 1.82) is 0 Å². The third-order valence-corrected chi connectivity index (χ3v) is 15.3. The number of carbonyl (C=O) groups excluding carboxylic acids is 2. The maximum absolute atomic E-state index is 14.1. The van der Waals surface area contributed by atoms with Crippen molar-refractivity contribution in [1.82, 2.24) is 24.8 Å². The minimum atomic E-state index is -0.384. The van der Waals surface area contributed by atoms with Gasteiger partial charge in [-0.2, -0.15) is 0 Å². The van der Waals surface area contributed by atoms with Gasteiger partial charge in [0.2, 0.25) is 11.8 Å². The number of halogens is 5. The Kier molecular flexibility index (Phi) is 19.3. The number of ether oxygens (including phenoxy) is 5. The van der Waals surface area contributed by atoms with Gasteiger partial charge in [-0.3, -0.25) is 9.59 Å². The molecule has 0 amide bonds. The molecular formula is C63H62Cl3F2N5O7. The number of carbonyl (C=O) groups is 2. The topological polar surface area (TPSA) is 135 Å². The largest absolute Gasteiger partial charge is 0.493 e. The van der Waals surface area contributed by atoms with Gasteiger partial charge in [0.25, 0.3) is 0 Å². The first-order valence-corrected chi connectivity index (χ1v) is 28.0. The summed E-state index contributed by atoms with van der Waals surface area (Å²) in [6.45, 7) is 14.0. The van der Waals surface area contributed by atoms with E-state index in [4.69, 9.17) is 58.5 Å². The minimum absolute atomic E-state index is 0.00590. The van der Waals surface area contributed by atoms with Gasteiger partial charge >= 0.3 is 0 Å². The number of Topliss-reactive ketones (excluding diaryl/α,β-unsaturated/α-hetero) is 2. The monoisotopic (exact) mass is 1140 g/mol. The first kappa shape index (κ1) is 57.9. The number of piperidine rings is 1. The molecule has 0 saturated carbocycles. The van der Waals surface area contributed by atoms with Gasteiger partial charge in [0, 0.05) is 65.7 Å². The summed E-state index contributed by atoms with van der Waals surface area (Å²) in [5.41, 5.74) is 7.64. The molecule has 80 heavy (non-hydrogen) atoms. The van der Waals surface area contributed by atoms with Crippen molar-refractivity contribution in [3.63, 3.8) is 0 Å². The van der Waals surface area contributed by atoms with Crippen molar-refractivity contribution in [2.45, 2.75) is 79.1 Å². The van der Waals surface area contributed by atoms with Crippen molar-refractivity contribution in [3.8, 4) is 34.8 Å². The molecule has 2 aliphatic heterocycles. The lowest BCUT2D eigenvalue weighted by Crippen LogP contribution is -2.51. The van der Waals surface area contributed by atoms with E-state index in [2.05, 4.69) is 24.8 Å². The Bertz CT molecular complexity index is 3540. The Balaban J connectivity index is 0.000000198. The van der Waals surface area contributed by atoms with Crippen LogP contribution in [-0.2, 0) is 40.0 Å². The number of alkyl halides is 1. The first-order valence-electron chi connectivity index (χ1n) is 26.7. The standard InChI is InChI=1S/C35H37ClFN3O4.C28H25Cl2FN2O3/c1-23-4-7-31(37)26(14-23)17-27(41)16-25-5-6-28(18-30(25)36)44-34-29-15-24(2)33(19-32(29)38-22-39-34)43-13-3-10-40-11-8-35(9-12-40)20-42-21-35;1-17-4-7-25(31)20(10-17)13-21(34)12-19-5-6-22(14-24(19)30)36-28-23-11-18(2)27(35-9-3-8-29)15-26(23)32-16-33-28/h4-7,14-15,18-19,22H,3,8-13,16-17,20-21H2,1-2H3;4-7,10-11,14-16H,3,8-9,12-13H2,1-2H3. The van der Waals surface area contributed by atoms with Crippen molar-refractivity contribution in [2.75, 3.05) is 51.9 Å². The summed E-state index contributed by atoms with van der Waals surface area (Å²) < 4.78 is 57.7. The van der Waals surface area contributed by atoms with E-state index < -0.39 is 0 Å². The van der Waals surface area contributed by atoms with Crippen molar-refractivity contribution in [2.24, 2.45) is 5.41 Å². The molecule has 8 aromatic rings. The molecule has 0 N–H and O–H groups in total. The van der Waals surface area contributed by atoms with Crippen LogP contribution >= 0.6 is 34.8 Å². The molecule has 0 atom stereocenters. The molecule has 10 rings (SSSR count). The lowest BCUT2D eigenvalue weighted by Gasteiger charge is -2.47. The van der Waals surface area contributed by atoms with Crippen molar-refractivity contribution < 1.29 is 42.1 Å². The second-order valence-electron chi connectivity index (χ2n) is 20.7. The fourth-order valence-corrected chi connectivity index (χ4v) is 10.4. The third-order valence-electron chi connectivity index (χ3n) is 14.4. The van der Waals surface area contributed by atoms with E-state index in [0.29, 0.717) is 85.6 Å². The molecule has 4 heterocycles. The molecule has 0 bridgehead atoms. The van der Waals surface area contributed by atoms with E-state index in [-0.39, 0.29) is 48.9 Å². The summed E-state index contributed by atoms with van der Waals surface area (Å²) in [5, 5.41) is 2.27. The molecular weight excluding hydrogens is 1080 g/mol. The smallest absolute Gasteiger partial charge is 0.230 e. The Labute approximate surface area is 479 Å². The minimum Gasteiger partial charge on any atom is -0.493 e. The molecule has 2 fully saturated rings. The first-order chi connectivity index (χ1) is 38.6. The van der Waals surface area contributed by atoms with Crippen molar-refractivity contribution in [3.05, 3.63) is 176 Å². The highest BCUT2D eigenvalue weighted by molar-refractivity contribution is 6.32. The molecule has 416 valence electrons. The van der Waals surface area contributed by atoms with Gasteiger partial charge in [-0.15, -0.1) is 11.6 Å². The molecule has 2 aliphatic rings. The molecule has 0 aliphatic carbocycles. The van der Waals surface area contributed by atoms with Gasteiger partial charge in [-0.25, -0.2) is 28.7 Å². The predicted octanol–water partition coefficient (Wildman–Crippen LogP) is 14.3. The van der Waals surface area contributed by atoms with E-state index in [1.54, 1.807) is 60.7 Å². The SMILES string of the molecule is Cc1ccc(F)c(CC(=O)Cc2ccc(Oc3ncnc4cc(OCCCCl)c(C)cc34)cc2Cl)c1.Cc1ccc(F)c(CC(=O)Cc2ccc(Oc3ncnc4cc(OCCCN5CCC6(CC5)COC6)c(C)cc34)cc2Cl)c1. The Hall–Kier alpha value is -6.81. The Morgan fingerprint density at radius 2 is 1.05 bits per heavy atom. The summed E-state index contributed by atoms with van der Waals surface area (Å²) >= 11 is 18.7. The van der Waals surface area contributed by atoms with Crippen LogP contribution < -0.4 is 18.9 Å². The number of nitrogens with zero attached hydrogens (tertiary/aromatic N) is 5. The van der Waals surface area contributed by atoms with E-state index in [1.807, 2.05) is 52.0 Å². The molecule has 1 spiro atoms. The normalized spacial score (nSPS) is 13.9. The number of ketones is 2. The number of aromatic nitrogens is 4. The fourth-order valence-electron chi connectivity index (χ4n) is 9.79. The van der Waals surface area contributed by atoms with Crippen LogP contribution in [0.5, 0.6) is 34.8 Å². The van der Waals surface area contributed by atoms with Gasteiger partial charge in [-0.05, 0) is 148 Å². The number of hydrogen-bond acceptors (Lipinski definition) is 12. The maximum atomic E-state index is 14.1. The van der Waals surface area contributed by atoms with Crippen LogP contribution in [0.2, 0.25) is 10.0 Å². The number of aryl methyl sites for hydroxylation is 4. The quantitative estimate of drug-likeness (QED) is 0.0500. The number of fused-ring (bicyclic) bond motifs is 2. The van der Waals surface area contributed by atoms with Crippen molar-refractivity contribution >= 4 is 68.2 Å². The summed E-state index contributed by atoms with van der Waals surface area (Å²) in [4.78, 5) is 45.2. The summed E-state index contributed by atoms with van der Waals surface area (Å²) in [5.74, 6) is 2.80. The summed E-state index contributed by atoms with van der Waals surface area (Å²) in [7, 11) is 0. The van der Waals surface area contributed by atoms with Gasteiger partial charge < -0.3 is 28.6 Å². The fraction of sp³-hybridized carbons (Fsp3) is 0.333. The lowest BCUT2D eigenvalue weighted by atomic mass is 9.77. The van der Waals surface area contributed by atoms with Crippen LogP contribution in [0.25, 0.3) is 21.8 Å². The molecule has 0 unspecified atom stereocenters. The average Bonchev–Trinajstić information content (AvgIpc) is 3.43. The zero-order valence-corrected chi connectivity index (χ0v) is 47.5. The summed E-state index contributed by atoms with van der Waals surface area (Å²) in [6.07, 6.45) is 7.27. The molecule has 2 aromatic heterocycles. The van der Waals surface area contributed by atoms with E-state index >= 15 is 0 Å². The van der Waals surface area contributed by atoms with Crippen LogP contribution in [0.4, 0.5) is 8.78 Å². The average molecular weight is 1150 g/mol. The van der Waals surface area contributed by atoms with E-state index in [1.165, 1.54) is 37.6 Å². The zero-order valence-electron chi connectivity index (χ0n) is 45.2. The number of benzene rings is 6. The lowest BCUT2D eigenvalue weighted by molar-refractivity contribution is -0.139. The second-order valence-corrected chi connectivity index (χ2v) is 21.9. The molecule has 2 saturated heterocycles. The van der Waals surface area contributed by atoms with E-state index in [0.717, 1.165) is 95.7 Å². The van der Waals surface area contributed by atoms with Crippen LogP contribution in [0.3, 0.4) is 0 Å². The van der Waals surface area contributed by atoms with Crippen LogP contribution in [-0.4, -0.2) is 88.3 Å². The summed E-state index contributed by atoms with van der Waals surface area (Å²) in [6, 6.07) is 27.5. The Morgan fingerprint density at radius 1 is 0.588 bits per heavy atom. The van der Waals surface area contributed by atoms with E-state index in [9.17, 15) is 18.4 Å². The highest BCUT2D eigenvalue weighted by Crippen LogP contribution is 2.39. The predicted molar refractivity (Wildman–Crippen MR) is 309 cm³/mol. The van der Waals surface area contributed by atoms with Gasteiger partial charge in [0.1, 0.15) is 58.9 Å². The molecule has 0 radical (unpaired) electrons. The second kappa shape index (κ2) is 26.6.